The van der Waals surface area contributed by atoms with Crippen LogP contribution in [0.5, 0.6) is 11.5 Å². The first-order chi connectivity index (χ1) is 13.9. The minimum atomic E-state index is 0.681. The Balaban J connectivity index is 2.24. The SMILES string of the molecule is CCn1c(C)nc(-c2ccc(OC)c(OC)c2)c/c1=N/c1c(C)cc(C)cc1C. The van der Waals surface area contributed by atoms with E-state index in [2.05, 4.69) is 44.4 Å². The smallest absolute Gasteiger partial charge is 0.161 e. The first-order valence-electron chi connectivity index (χ1n) is 9.81. The van der Waals surface area contributed by atoms with Crippen molar-refractivity contribution < 1.29 is 9.47 Å². The summed E-state index contributed by atoms with van der Waals surface area (Å²) in [7, 11) is 3.27. The van der Waals surface area contributed by atoms with Crippen LogP contribution in [0.15, 0.2) is 41.4 Å². The van der Waals surface area contributed by atoms with E-state index in [1.807, 2.05) is 31.2 Å². The van der Waals surface area contributed by atoms with Crippen LogP contribution in [0.2, 0.25) is 0 Å². The van der Waals surface area contributed by atoms with E-state index in [0.717, 1.165) is 34.8 Å². The maximum absolute atomic E-state index is 5.46. The van der Waals surface area contributed by atoms with Crippen LogP contribution in [0.1, 0.15) is 29.4 Å². The molecule has 2 aromatic carbocycles. The summed E-state index contributed by atoms with van der Waals surface area (Å²) < 4.78 is 12.9. The molecule has 3 rings (SSSR count). The molecular weight excluding hydrogens is 362 g/mol. The monoisotopic (exact) mass is 391 g/mol. The Bertz CT molecular complexity index is 1090. The maximum Gasteiger partial charge on any atom is 0.161 e. The molecule has 0 saturated heterocycles. The summed E-state index contributed by atoms with van der Waals surface area (Å²) in [5.74, 6) is 2.30. The van der Waals surface area contributed by atoms with Gasteiger partial charge in [0.1, 0.15) is 11.3 Å². The van der Waals surface area contributed by atoms with Crippen LogP contribution in [0.3, 0.4) is 0 Å². The number of hydrogen-bond donors (Lipinski definition) is 0. The molecule has 0 aliphatic carbocycles. The van der Waals surface area contributed by atoms with Crippen LogP contribution >= 0.6 is 0 Å². The predicted molar refractivity (Wildman–Crippen MR) is 117 cm³/mol. The van der Waals surface area contributed by atoms with E-state index in [9.17, 15) is 0 Å². The van der Waals surface area contributed by atoms with Crippen molar-refractivity contribution in [3.8, 4) is 22.8 Å². The molecule has 0 fully saturated rings. The van der Waals surface area contributed by atoms with Gasteiger partial charge in [0, 0.05) is 18.2 Å². The van der Waals surface area contributed by atoms with Crippen LogP contribution < -0.4 is 15.0 Å². The van der Waals surface area contributed by atoms with Crippen molar-refractivity contribution in [2.24, 2.45) is 4.99 Å². The molecule has 1 heterocycles. The number of aryl methyl sites for hydroxylation is 4. The Morgan fingerprint density at radius 1 is 0.897 bits per heavy atom. The molecule has 152 valence electrons. The number of rotatable bonds is 5. The number of methoxy groups -OCH3 is 2. The van der Waals surface area contributed by atoms with Crippen LogP contribution in [0.4, 0.5) is 5.69 Å². The van der Waals surface area contributed by atoms with Crippen LogP contribution in [0.25, 0.3) is 11.3 Å². The van der Waals surface area contributed by atoms with Crippen molar-refractivity contribution in [1.29, 1.82) is 0 Å². The second-order valence-electron chi connectivity index (χ2n) is 7.22. The molecule has 0 N–H and O–H groups in total. The molecule has 0 aliphatic heterocycles. The lowest BCUT2D eigenvalue weighted by Crippen LogP contribution is -2.24. The van der Waals surface area contributed by atoms with Gasteiger partial charge >= 0.3 is 0 Å². The normalized spacial score (nSPS) is 11.6. The number of benzene rings is 2. The van der Waals surface area contributed by atoms with Crippen LogP contribution in [0, 0.1) is 27.7 Å². The minimum absolute atomic E-state index is 0.681. The molecule has 5 heteroatoms. The van der Waals surface area contributed by atoms with Gasteiger partial charge in [-0.05, 0) is 63.9 Å². The number of ether oxygens (including phenoxy) is 2. The molecule has 29 heavy (non-hydrogen) atoms. The summed E-state index contributed by atoms with van der Waals surface area (Å²) in [5.41, 5.74) is 7.32. The van der Waals surface area contributed by atoms with Crippen LogP contribution in [-0.4, -0.2) is 23.8 Å². The molecule has 0 amide bonds. The lowest BCUT2D eigenvalue weighted by Gasteiger charge is -2.14. The lowest BCUT2D eigenvalue weighted by molar-refractivity contribution is 0.355. The van der Waals surface area contributed by atoms with E-state index in [1.54, 1.807) is 14.2 Å². The van der Waals surface area contributed by atoms with Gasteiger partial charge in [0.2, 0.25) is 0 Å². The summed E-state index contributed by atoms with van der Waals surface area (Å²) in [6, 6.07) is 12.2. The average molecular weight is 392 g/mol. The van der Waals surface area contributed by atoms with E-state index >= 15 is 0 Å². The molecule has 3 aromatic rings. The summed E-state index contributed by atoms with van der Waals surface area (Å²) >= 11 is 0. The van der Waals surface area contributed by atoms with Crippen molar-refractivity contribution in [1.82, 2.24) is 9.55 Å². The third-order valence-corrected chi connectivity index (χ3v) is 5.07. The molecule has 0 radical (unpaired) electrons. The first kappa shape index (κ1) is 20.6. The Morgan fingerprint density at radius 3 is 2.14 bits per heavy atom. The summed E-state index contributed by atoms with van der Waals surface area (Å²) in [6.45, 7) is 11.3. The highest BCUT2D eigenvalue weighted by molar-refractivity contribution is 5.64. The average Bonchev–Trinajstić information content (AvgIpc) is 2.69. The van der Waals surface area contributed by atoms with Gasteiger partial charge in [0.15, 0.2) is 11.5 Å². The number of aromatic nitrogens is 2. The molecule has 0 atom stereocenters. The second-order valence-corrected chi connectivity index (χ2v) is 7.22. The minimum Gasteiger partial charge on any atom is -0.493 e. The molecule has 0 saturated carbocycles. The zero-order valence-electron chi connectivity index (χ0n) is 18.3. The summed E-state index contributed by atoms with van der Waals surface area (Å²) in [4.78, 5) is 9.86. The Kier molecular flexibility index (Phi) is 6.06. The van der Waals surface area contributed by atoms with Crippen molar-refractivity contribution in [3.05, 3.63) is 64.4 Å². The second kappa shape index (κ2) is 8.52. The van der Waals surface area contributed by atoms with Gasteiger partial charge in [-0.2, -0.15) is 0 Å². The van der Waals surface area contributed by atoms with E-state index in [4.69, 9.17) is 19.5 Å². The fourth-order valence-corrected chi connectivity index (χ4v) is 3.72. The van der Waals surface area contributed by atoms with Crippen molar-refractivity contribution >= 4 is 5.69 Å². The summed E-state index contributed by atoms with van der Waals surface area (Å²) in [5, 5.41) is 0. The van der Waals surface area contributed by atoms with Gasteiger partial charge in [0.25, 0.3) is 0 Å². The van der Waals surface area contributed by atoms with Crippen molar-refractivity contribution in [2.45, 2.75) is 41.2 Å². The highest BCUT2D eigenvalue weighted by Crippen LogP contribution is 2.31. The Labute approximate surface area is 172 Å². The molecule has 1 aromatic heterocycles. The van der Waals surface area contributed by atoms with Gasteiger partial charge in [0.05, 0.1) is 25.6 Å². The third kappa shape index (κ3) is 4.19. The molecule has 5 nitrogen and oxygen atoms in total. The quantitative estimate of drug-likeness (QED) is 0.611. The van der Waals surface area contributed by atoms with E-state index < -0.39 is 0 Å². The van der Waals surface area contributed by atoms with Gasteiger partial charge in [-0.25, -0.2) is 9.98 Å². The fourth-order valence-electron chi connectivity index (χ4n) is 3.72. The van der Waals surface area contributed by atoms with Gasteiger partial charge < -0.3 is 14.0 Å². The molecule has 0 bridgehead atoms. The van der Waals surface area contributed by atoms with E-state index in [1.165, 1.54) is 16.7 Å². The topological polar surface area (TPSA) is 48.6 Å². The highest BCUT2D eigenvalue weighted by atomic mass is 16.5. The molecular formula is C24H29N3O2. The first-order valence-corrected chi connectivity index (χ1v) is 9.81. The van der Waals surface area contributed by atoms with Gasteiger partial charge in [-0.1, -0.05) is 17.7 Å². The number of hydrogen-bond acceptors (Lipinski definition) is 4. The van der Waals surface area contributed by atoms with Crippen LogP contribution in [-0.2, 0) is 6.54 Å². The maximum atomic E-state index is 5.46. The molecule has 0 spiro atoms. The van der Waals surface area contributed by atoms with Crippen molar-refractivity contribution in [3.63, 3.8) is 0 Å². The van der Waals surface area contributed by atoms with Crippen molar-refractivity contribution in [2.75, 3.05) is 14.2 Å². The predicted octanol–water partition coefficient (Wildman–Crippen LogP) is 5.05. The molecule has 0 aliphatic rings. The Morgan fingerprint density at radius 2 is 1.55 bits per heavy atom. The number of nitrogens with zero attached hydrogens (tertiary/aromatic N) is 3. The Hall–Kier alpha value is -3.08. The molecule has 0 unspecified atom stereocenters. The van der Waals surface area contributed by atoms with E-state index in [-0.39, 0.29) is 0 Å². The van der Waals surface area contributed by atoms with E-state index in [0.29, 0.717) is 11.5 Å². The summed E-state index contributed by atoms with van der Waals surface area (Å²) in [6.07, 6.45) is 0. The zero-order valence-corrected chi connectivity index (χ0v) is 18.3. The zero-order chi connectivity index (χ0) is 21.1. The fraction of sp³-hybridized carbons (Fsp3) is 0.333. The highest BCUT2D eigenvalue weighted by Gasteiger charge is 2.10. The van der Waals surface area contributed by atoms with Gasteiger partial charge in [-0.15, -0.1) is 0 Å². The standard InChI is InChI=1S/C24H29N3O2/c1-8-27-18(5)25-20(19-9-10-21(28-6)22(13-19)29-7)14-23(27)26-24-16(3)11-15(2)12-17(24)4/h9-14H,8H2,1-7H3/b26-23-. The largest absolute Gasteiger partial charge is 0.493 e. The van der Waals surface area contributed by atoms with Gasteiger partial charge in [-0.3, -0.25) is 0 Å². The lowest BCUT2D eigenvalue weighted by atomic mass is 10.1. The third-order valence-electron chi connectivity index (χ3n) is 5.07.